The van der Waals surface area contributed by atoms with Crippen molar-refractivity contribution in [1.82, 2.24) is 0 Å². The van der Waals surface area contributed by atoms with Gasteiger partial charge in [-0.05, 0) is 37.5 Å². The van der Waals surface area contributed by atoms with E-state index >= 15 is 0 Å². The maximum Gasteiger partial charge on any atom is 0.472 e. The van der Waals surface area contributed by atoms with E-state index in [1.807, 2.05) is 0 Å². The molecule has 17 nitrogen and oxygen atoms in total. The summed E-state index contributed by atoms with van der Waals surface area (Å²) in [4.78, 5) is 73.0. The van der Waals surface area contributed by atoms with E-state index in [1.165, 1.54) is 238 Å². The van der Waals surface area contributed by atoms with Crippen molar-refractivity contribution in [3.05, 3.63) is 0 Å². The van der Waals surface area contributed by atoms with E-state index < -0.39 is 97.5 Å². The highest BCUT2D eigenvalue weighted by molar-refractivity contribution is 7.47. The number of phosphoric acid groups is 2. The highest BCUT2D eigenvalue weighted by atomic mass is 31.2. The monoisotopic (exact) mass is 1450 g/mol. The molecule has 0 saturated heterocycles. The van der Waals surface area contributed by atoms with E-state index in [0.717, 1.165) is 102 Å². The number of hydrogen-bond donors (Lipinski definition) is 3. The van der Waals surface area contributed by atoms with E-state index in [9.17, 15) is 43.2 Å². The number of unbranched alkanes of at least 4 members (excludes halogenated alkanes) is 49. The van der Waals surface area contributed by atoms with Crippen LogP contribution in [0.15, 0.2) is 0 Å². The van der Waals surface area contributed by atoms with Crippen molar-refractivity contribution >= 4 is 39.5 Å². The summed E-state index contributed by atoms with van der Waals surface area (Å²) < 4.78 is 68.7. The number of esters is 4. The molecular weight excluding hydrogens is 1290 g/mol. The number of carbonyl (C=O) groups is 4. The standard InChI is InChI=1S/C80H156O17P2/c1-7-9-11-13-15-17-19-21-22-23-24-25-34-40-46-52-58-64-79(84)96-76(69-91-78(83)63-57-51-45-39-33-28-26-30-36-42-48-54-60-72(3)4)71-95-99(88,89)93-67-74(81)66-92-98(86,87)94-70-75(68-90-77(82)62-56-50-44-38-32-20-18-16-14-12-10-8-2)97-80(85)65-59-53-47-41-35-29-27-31-37-43-49-55-61-73(5)6/h72-76,81H,7-71H2,1-6H3,(H,86,87)(H,88,89)/t74-,75+,76+/m0/s1. The highest BCUT2D eigenvalue weighted by Gasteiger charge is 2.30. The van der Waals surface area contributed by atoms with Crippen LogP contribution < -0.4 is 0 Å². The van der Waals surface area contributed by atoms with Crippen molar-refractivity contribution < 1.29 is 80.2 Å². The molecule has 0 amide bonds. The Morgan fingerprint density at radius 3 is 0.687 bits per heavy atom. The lowest BCUT2D eigenvalue weighted by Crippen LogP contribution is -2.30. The van der Waals surface area contributed by atoms with Crippen LogP contribution in [0.25, 0.3) is 0 Å². The average molecular weight is 1450 g/mol. The maximum atomic E-state index is 13.1. The summed E-state index contributed by atoms with van der Waals surface area (Å²) >= 11 is 0. The van der Waals surface area contributed by atoms with Crippen LogP contribution in [-0.2, 0) is 65.4 Å². The van der Waals surface area contributed by atoms with E-state index in [0.29, 0.717) is 25.7 Å². The Hall–Kier alpha value is -1.94. The Balaban J connectivity index is 5.27. The minimum atomic E-state index is -4.96. The van der Waals surface area contributed by atoms with Crippen LogP contribution in [0.3, 0.4) is 0 Å². The number of carbonyl (C=O) groups excluding carboxylic acids is 4. The Morgan fingerprint density at radius 1 is 0.273 bits per heavy atom. The van der Waals surface area contributed by atoms with Crippen molar-refractivity contribution in [3.8, 4) is 0 Å². The number of aliphatic hydroxyl groups excluding tert-OH is 1. The fraction of sp³-hybridized carbons (Fsp3) is 0.950. The van der Waals surface area contributed by atoms with Gasteiger partial charge in [-0.2, -0.15) is 0 Å². The van der Waals surface area contributed by atoms with Gasteiger partial charge in [0.2, 0.25) is 0 Å². The minimum absolute atomic E-state index is 0.107. The normalized spacial score (nSPS) is 13.9. The average Bonchev–Trinajstić information content (AvgIpc) is 1.01. The molecule has 0 saturated carbocycles. The van der Waals surface area contributed by atoms with Crippen molar-refractivity contribution in [3.63, 3.8) is 0 Å². The maximum absolute atomic E-state index is 13.1. The number of hydrogen-bond acceptors (Lipinski definition) is 15. The molecule has 0 aromatic carbocycles. The predicted molar refractivity (Wildman–Crippen MR) is 405 cm³/mol. The third-order valence-corrected chi connectivity index (χ3v) is 20.6. The Kier molecular flexibility index (Phi) is 70.3. The first-order valence-corrected chi connectivity index (χ1v) is 44.5. The zero-order chi connectivity index (χ0) is 72.8. The Bertz CT molecular complexity index is 1910. The summed E-state index contributed by atoms with van der Waals surface area (Å²) in [5, 5.41) is 10.6. The van der Waals surface area contributed by atoms with Gasteiger partial charge >= 0.3 is 39.5 Å². The van der Waals surface area contributed by atoms with Gasteiger partial charge in [0, 0.05) is 25.7 Å². The second-order valence-corrected chi connectivity index (χ2v) is 32.7. The molecule has 0 radical (unpaired) electrons. The zero-order valence-corrected chi connectivity index (χ0v) is 66.6. The van der Waals surface area contributed by atoms with Crippen molar-refractivity contribution in [2.75, 3.05) is 39.6 Å². The van der Waals surface area contributed by atoms with Crippen LogP contribution in [0.1, 0.15) is 420 Å². The largest absolute Gasteiger partial charge is 0.472 e. The smallest absolute Gasteiger partial charge is 0.462 e. The molecule has 19 heteroatoms. The van der Waals surface area contributed by atoms with Gasteiger partial charge in [0.15, 0.2) is 12.2 Å². The van der Waals surface area contributed by atoms with Crippen molar-refractivity contribution in [2.24, 2.45) is 11.8 Å². The molecule has 0 rings (SSSR count). The second-order valence-electron chi connectivity index (χ2n) is 29.8. The molecule has 0 aliphatic heterocycles. The van der Waals surface area contributed by atoms with Crippen molar-refractivity contribution in [1.29, 1.82) is 0 Å². The fourth-order valence-electron chi connectivity index (χ4n) is 12.4. The highest BCUT2D eigenvalue weighted by Crippen LogP contribution is 2.45. The van der Waals surface area contributed by atoms with Gasteiger partial charge in [-0.15, -0.1) is 0 Å². The molecule has 5 atom stereocenters. The molecule has 3 N–H and O–H groups in total. The van der Waals surface area contributed by atoms with Crippen LogP contribution in [0, 0.1) is 11.8 Å². The zero-order valence-electron chi connectivity index (χ0n) is 64.8. The first-order chi connectivity index (χ1) is 47.9. The molecule has 0 bridgehead atoms. The van der Waals surface area contributed by atoms with Gasteiger partial charge in [0.1, 0.15) is 19.3 Å². The van der Waals surface area contributed by atoms with E-state index in [4.69, 9.17) is 37.0 Å². The summed E-state index contributed by atoms with van der Waals surface area (Å²) in [6, 6.07) is 0. The summed E-state index contributed by atoms with van der Waals surface area (Å²) in [5.74, 6) is -0.548. The Morgan fingerprint density at radius 2 is 0.465 bits per heavy atom. The molecule has 0 fully saturated rings. The van der Waals surface area contributed by atoms with Crippen molar-refractivity contribution in [2.45, 2.75) is 439 Å². The molecule has 588 valence electrons. The second kappa shape index (κ2) is 71.7. The van der Waals surface area contributed by atoms with Gasteiger partial charge in [-0.25, -0.2) is 9.13 Å². The summed E-state index contributed by atoms with van der Waals surface area (Å²) in [6.07, 6.45) is 60.9. The Labute approximate surface area is 607 Å². The molecule has 0 aliphatic rings. The molecular formula is C80H156O17P2. The van der Waals surface area contributed by atoms with Crippen LogP contribution in [0.4, 0.5) is 0 Å². The lowest BCUT2D eigenvalue weighted by atomic mass is 10.0. The van der Waals surface area contributed by atoms with Gasteiger partial charge in [-0.3, -0.25) is 37.3 Å². The third kappa shape index (κ3) is 74.1. The van der Waals surface area contributed by atoms with Crippen LogP contribution in [0.2, 0.25) is 0 Å². The quantitative estimate of drug-likeness (QED) is 0.0222. The van der Waals surface area contributed by atoms with Gasteiger partial charge in [-0.1, -0.05) is 369 Å². The minimum Gasteiger partial charge on any atom is -0.462 e. The molecule has 0 spiro atoms. The number of phosphoric ester groups is 2. The molecule has 0 heterocycles. The van der Waals surface area contributed by atoms with E-state index in [-0.39, 0.29) is 25.7 Å². The summed E-state index contributed by atoms with van der Waals surface area (Å²) in [7, 11) is -9.92. The molecule has 0 aromatic rings. The molecule has 0 aliphatic carbocycles. The lowest BCUT2D eigenvalue weighted by molar-refractivity contribution is -0.161. The first kappa shape index (κ1) is 97.1. The van der Waals surface area contributed by atoms with Gasteiger partial charge in [0.05, 0.1) is 26.4 Å². The topological polar surface area (TPSA) is 237 Å². The number of aliphatic hydroxyl groups is 1. The third-order valence-electron chi connectivity index (χ3n) is 18.7. The number of ether oxygens (including phenoxy) is 4. The van der Waals surface area contributed by atoms with Crippen LogP contribution >= 0.6 is 15.6 Å². The fourth-order valence-corrected chi connectivity index (χ4v) is 13.9. The summed E-state index contributed by atoms with van der Waals surface area (Å²) in [6.45, 7) is 9.66. The van der Waals surface area contributed by atoms with Gasteiger partial charge in [0.25, 0.3) is 0 Å². The molecule has 99 heavy (non-hydrogen) atoms. The van der Waals surface area contributed by atoms with Crippen LogP contribution in [0.5, 0.6) is 0 Å². The SMILES string of the molecule is CCCCCCCCCCCCCCCCCCCC(=O)O[C@H](COC(=O)CCCCCCCCCCCCCCC(C)C)COP(=O)(O)OC[C@@H](O)COP(=O)(O)OC[C@@H](COC(=O)CCCCCCCCCCCCCC)OC(=O)CCCCCCCCCCCCCCC(C)C. The van der Waals surface area contributed by atoms with E-state index in [2.05, 4.69) is 41.5 Å². The first-order valence-electron chi connectivity index (χ1n) is 41.5. The van der Waals surface area contributed by atoms with E-state index in [1.54, 1.807) is 0 Å². The lowest BCUT2D eigenvalue weighted by Gasteiger charge is -2.21. The predicted octanol–water partition coefficient (Wildman–Crippen LogP) is 23.9. The number of rotatable bonds is 79. The summed E-state index contributed by atoms with van der Waals surface area (Å²) in [5.41, 5.74) is 0. The van der Waals surface area contributed by atoms with Crippen LogP contribution in [-0.4, -0.2) is 96.7 Å². The van der Waals surface area contributed by atoms with Gasteiger partial charge < -0.3 is 33.8 Å². The molecule has 0 aromatic heterocycles. The molecule has 2 unspecified atom stereocenters.